The Balaban J connectivity index is 1.55. The van der Waals surface area contributed by atoms with E-state index in [2.05, 4.69) is 45.6 Å². The van der Waals surface area contributed by atoms with Gasteiger partial charge in [-0.1, -0.05) is 6.07 Å². The van der Waals surface area contributed by atoms with Gasteiger partial charge in [-0.05, 0) is 50.2 Å². The van der Waals surface area contributed by atoms with Crippen molar-refractivity contribution in [3.05, 3.63) is 59.5 Å². The normalized spacial score (nSPS) is 17.7. The van der Waals surface area contributed by atoms with Gasteiger partial charge in [-0.25, -0.2) is 4.98 Å². The van der Waals surface area contributed by atoms with E-state index >= 15 is 0 Å². The van der Waals surface area contributed by atoms with Crippen LogP contribution in [0.1, 0.15) is 29.3 Å². The molecule has 5 heteroatoms. The van der Waals surface area contributed by atoms with Crippen LogP contribution < -0.4 is 9.47 Å². The summed E-state index contributed by atoms with van der Waals surface area (Å²) in [5, 5.41) is 0. The van der Waals surface area contributed by atoms with Gasteiger partial charge in [0.25, 0.3) is 0 Å². The second-order valence-electron chi connectivity index (χ2n) is 6.90. The highest BCUT2D eigenvalue weighted by molar-refractivity contribution is 5.44. The Morgan fingerprint density at radius 2 is 2.04 bits per heavy atom. The van der Waals surface area contributed by atoms with Crippen molar-refractivity contribution in [3.8, 4) is 11.5 Å². The van der Waals surface area contributed by atoms with E-state index in [0.29, 0.717) is 5.92 Å². The van der Waals surface area contributed by atoms with Crippen LogP contribution in [-0.2, 0) is 6.54 Å². The minimum atomic E-state index is 0.458. The van der Waals surface area contributed by atoms with Crippen molar-refractivity contribution in [1.82, 2.24) is 14.3 Å². The zero-order valence-corrected chi connectivity index (χ0v) is 15.6. The number of imidazole rings is 1. The van der Waals surface area contributed by atoms with Crippen LogP contribution in [0, 0.1) is 6.92 Å². The zero-order chi connectivity index (χ0) is 18.1. The molecule has 0 bridgehead atoms. The third-order valence-corrected chi connectivity index (χ3v) is 5.35. The van der Waals surface area contributed by atoms with Gasteiger partial charge in [-0.2, -0.15) is 0 Å². The minimum Gasteiger partial charge on any atom is -0.497 e. The van der Waals surface area contributed by atoms with Crippen molar-refractivity contribution < 1.29 is 9.47 Å². The number of aromatic nitrogens is 2. The van der Waals surface area contributed by atoms with E-state index in [0.717, 1.165) is 48.9 Å². The number of hydrogen-bond acceptors (Lipinski definition) is 4. The molecule has 1 aliphatic rings. The molecule has 0 unspecified atom stereocenters. The highest BCUT2D eigenvalue weighted by Crippen LogP contribution is 2.36. The molecule has 3 heterocycles. The van der Waals surface area contributed by atoms with E-state index in [4.69, 9.17) is 9.47 Å². The molecule has 1 saturated heterocycles. The first-order valence-corrected chi connectivity index (χ1v) is 9.06. The third-order valence-electron chi connectivity index (χ3n) is 5.35. The topological polar surface area (TPSA) is 39.0 Å². The first kappa shape index (κ1) is 16.9. The number of methoxy groups -OCH3 is 2. The van der Waals surface area contributed by atoms with Gasteiger partial charge in [0, 0.05) is 30.8 Å². The third kappa shape index (κ3) is 3.03. The Labute approximate surface area is 154 Å². The van der Waals surface area contributed by atoms with Gasteiger partial charge in [0.05, 0.1) is 25.6 Å². The van der Waals surface area contributed by atoms with Crippen LogP contribution in [-0.4, -0.2) is 41.6 Å². The van der Waals surface area contributed by atoms with Gasteiger partial charge in [0.15, 0.2) is 0 Å². The quantitative estimate of drug-likeness (QED) is 0.703. The molecule has 1 atom stereocenters. The van der Waals surface area contributed by atoms with E-state index < -0.39 is 0 Å². The molecular formula is C21H25N3O2. The van der Waals surface area contributed by atoms with E-state index in [1.54, 1.807) is 14.2 Å². The minimum absolute atomic E-state index is 0.458. The molecule has 1 aliphatic heterocycles. The van der Waals surface area contributed by atoms with Crippen LogP contribution in [0.25, 0.3) is 5.65 Å². The molecule has 1 fully saturated rings. The zero-order valence-electron chi connectivity index (χ0n) is 15.6. The maximum atomic E-state index is 5.59. The number of ether oxygens (including phenoxy) is 2. The van der Waals surface area contributed by atoms with Gasteiger partial charge in [-0.15, -0.1) is 0 Å². The summed E-state index contributed by atoms with van der Waals surface area (Å²) in [5.41, 5.74) is 4.65. The lowest BCUT2D eigenvalue weighted by Crippen LogP contribution is -2.21. The summed E-state index contributed by atoms with van der Waals surface area (Å²) in [7, 11) is 3.44. The van der Waals surface area contributed by atoms with E-state index in [9.17, 15) is 0 Å². The van der Waals surface area contributed by atoms with Crippen LogP contribution in [0.4, 0.5) is 0 Å². The van der Waals surface area contributed by atoms with Crippen molar-refractivity contribution >= 4 is 5.65 Å². The predicted molar refractivity (Wildman–Crippen MR) is 102 cm³/mol. The molecule has 26 heavy (non-hydrogen) atoms. The van der Waals surface area contributed by atoms with Gasteiger partial charge >= 0.3 is 0 Å². The number of fused-ring (bicyclic) bond motifs is 1. The molecular weight excluding hydrogens is 326 g/mol. The fraction of sp³-hybridized carbons (Fsp3) is 0.381. The van der Waals surface area contributed by atoms with Crippen molar-refractivity contribution in [1.29, 1.82) is 0 Å². The van der Waals surface area contributed by atoms with Crippen LogP contribution in [0.2, 0.25) is 0 Å². The van der Waals surface area contributed by atoms with Gasteiger partial charge in [0.2, 0.25) is 0 Å². The molecule has 5 nitrogen and oxygen atoms in total. The summed E-state index contributed by atoms with van der Waals surface area (Å²) >= 11 is 0. The number of likely N-dealkylation sites (tertiary alicyclic amines) is 1. The lowest BCUT2D eigenvalue weighted by atomic mass is 9.97. The standard InChI is InChI=1S/C21H25N3O2/c1-15-19(24-10-5-4-6-21(24)22-15)14-23-11-9-16(13-23)18-12-17(25-2)7-8-20(18)26-3/h4-8,10,12,16H,9,11,13-14H2,1-3H3/t16-/m1/s1. The highest BCUT2D eigenvalue weighted by atomic mass is 16.5. The monoisotopic (exact) mass is 351 g/mol. The Morgan fingerprint density at radius 1 is 1.15 bits per heavy atom. The summed E-state index contributed by atoms with van der Waals surface area (Å²) in [4.78, 5) is 7.19. The van der Waals surface area contributed by atoms with Crippen LogP contribution in [0.3, 0.4) is 0 Å². The molecule has 0 amide bonds. The molecule has 0 radical (unpaired) electrons. The molecule has 136 valence electrons. The summed E-state index contributed by atoms with van der Waals surface area (Å²) in [6.45, 7) is 5.11. The summed E-state index contributed by atoms with van der Waals surface area (Å²) < 4.78 is 13.2. The lowest BCUT2D eigenvalue weighted by Gasteiger charge is -2.18. The molecule has 0 aliphatic carbocycles. The van der Waals surface area contributed by atoms with E-state index in [1.807, 2.05) is 18.2 Å². The SMILES string of the molecule is COc1ccc(OC)c([C@@H]2CCN(Cc3c(C)nc4ccccn34)C2)c1. The number of hydrogen-bond donors (Lipinski definition) is 0. The molecule has 0 spiro atoms. The molecule has 0 saturated carbocycles. The largest absolute Gasteiger partial charge is 0.497 e. The van der Waals surface area contributed by atoms with E-state index in [-0.39, 0.29) is 0 Å². The lowest BCUT2D eigenvalue weighted by molar-refractivity contribution is 0.319. The molecule has 0 N–H and O–H groups in total. The van der Waals surface area contributed by atoms with Crippen molar-refractivity contribution in [2.75, 3.05) is 27.3 Å². The number of aryl methyl sites for hydroxylation is 1. The van der Waals surface area contributed by atoms with Gasteiger partial charge in [0.1, 0.15) is 17.1 Å². The van der Waals surface area contributed by atoms with Crippen LogP contribution in [0.5, 0.6) is 11.5 Å². The van der Waals surface area contributed by atoms with Crippen LogP contribution >= 0.6 is 0 Å². The van der Waals surface area contributed by atoms with E-state index in [1.165, 1.54) is 11.3 Å². The van der Waals surface area contributed by atoms with Gasteiger partial charge < -0.3 is 13.9 Å². The number of rotatable bonds is 5. The number of benzene rings is 1. The molecule has 3 aromatic rings. The highest BCUT2D eigenvalue weighted by Gasteiger charge is 2.27. The average Bonchev–Trinajstić information content (AvgIpc) is 3.26. The fourth-order valence-electron chi connectivity index (χ4n) is 3.96. The Bertz CT molecular complexity index is 919. The number of nitrogens with zero attached hydrogens (tertiary/aromatic N) is 3. The maximum Gasteiger partial charge on any atom is 0.137 e. The summed E-state index contributed by atoms with van der Waals surface area (Å²) in [5.74, 6) is 2.29. The first-order chi connectivity index (χ1) is 12.7. The average molecular weight is 351 g/mol. The number of pyridine rings is 1. The van der Waals surface area contributed by atoms with Crippen molar-refractivity contribution in [3.63, 3.8) is 0 Å². The van der Waals surface area contributed by atoms with Crippen molar-refractivity contribution in [2.24, 2.45) is 0 Å². The Morgan fingerprint density at radius 3 is 2.85 bits per heavy atom. The maximum absolute atomic E-state index is 5.59. The Kier molecular flexibility index (Phi) is 4.55. The van der Waals surface area contributed by atoms with Gasteiger partial charge in [-0.3, -0.25) is 4.90 Å². The molecule has 1 aromatic carbocycles. The second-order valence-corrected chi connectivity index (χ2v) is 6.90. The summed E-state index contributed by atoms with van der Waals surface area (Å²) in [6.07, 6.45) is 3.22. The Hall–Kier alpha value is -2.53. The fourth-order valence-corrected chi connectivity index (χ4v) is 3.96. The molecule has 4 rings (SSSR count). The first-order valence-electron chi connectivity index (χ1n) is 9.06. The second kappa shape index (κ2) is 7.00. The summed E-state index contributed by atoms with van der Waals surface area (Å²) in [6, 6.07) is 12.2. The molecule has 2 aromatic heterocycles. The van der Waals surface area contributed by atoms with Crippen LogP contribution in [0.15, 0.2) is 42.6 Å². The smallest absolute Gasteiger partial charge is 0.137 e. The van der Waals surface area contributed by atoms with Crippen molar-refractivity contribution in [2.45, 2.75) is 25.8 Å². The predicted octanol–water partition coefficient (Wildman–Crippen LogP) is 3.65.